The third-order valence-electron chi connectivity index (χ3n) is 3.18. The highest BCUT2D eigenvalue weighted by Gasteiger charge is 2.41. The first-order valence-corrected chi connectivity index (χ1v) is 7.24. The molecule has 0 N–H and O–H groups in total. The van der Waals surface area contributed by atoms with Gasteiger partial charge in [0.05, 0.1) is 13.2 Å². The molecule has 1 aromatic rings. The van der Waals surface area contributed by atoms with Crippen molar-refractivity contribution in [3.63, 3.8) is 0 Å². The van der Waals surface area contributed by atoms with Gasteiger partial charge in [0.2, 0.25) is 0 Å². The molecule has 2 nitrogen and oxygen atoms in total. The molecule has 0 aliphatic carbocycles. The summed E-state index contributed by atoms with van der Waals surface area (Å²) < 4.78 is 5.33. The fraction of sp³-hybridized carbons (Fsp3) is 0.533. The van der Waals surface area contributed by atoms with Crippen molar-refractivity contribution >= 4 is 17.5 Å². The van der Waals surface area contributed by atoms with Crippen molar-refractivity contribution in [2.24, 2.45) is 0 Å². The Balaban J connectivity index is 2.14. The fourth-order valence-corrected chi connectivity index (χ4v) is 3.19. The lowest BCUT2D eigenvalue weighted by Crippen LogP contribution is -2.47. The summed E-state index contributed by atoms with van der Waals surface area (Å²) in [7, 11) is 0. The van der Waals surface area contributed by atoms with Gasteiger partial charge in [-0.2, -0.15) is 0 Å². The molecule has 0 radical (unpaired) electrons. The van der Waals surface area contributed by atoms with Gasteiger partial charge in [0, 0.05) is 22.0 Å². The van der Waals surface area contributed by atoms with Gasteiger partial charge in [-0.15, -0.1) is 11.8 Å². The molecule has 98 valence electrons. The van der Waals surface area contributed by atoms with Crippen molar-refractivity contribution < 1.29 is 9.53 Å². The molecule has 18 heavy (non-hydrogen) atoms. The molecule has 0 unspecified atom stereocenters. The van der Waals surface area contributed by atoms with Gasteiger partial charge >= 0.3 is 0 Å². The number of Topliss-reactive ketones (excluding diaryl/α,β-unsaturated/α-hetero) is 1. The number of benzene rings is 1. The lowest BCUT2D eigenvalue weighted by Gasteiger charge is -2.41. The van der Waals surface area contributed by atoms with Gasteiger partial charge in [-0.05, 0) is 24.6 Å². The zero-order chi connectivity index (χ0) is 13.2. The summed E-state index contributed by atoms with van der Waals surface area (Å²) in [5, 5.41) is 0.592. The summed E-state index contributed by atoms with van der Waals surface area (Å²) in [6.45, 7) is 7.38. The lowest BCUT2D eigenvalue weighted by molar-refractivity contribution is -0.125. The van der Waals surface area contributed by atoms with Crippen LogP contribution in [0.5, 0.6) is 0 Å². The maximum absolute atomic E-state index is 11.4. The van der Waals surface area contributed by atoms with Gasteiger partial charge in [0.15, 0.2) is 0 Å². The molecule has 1 aliphatic rings. The number of thioether (sulfide) groups is 1. The van der Waals surface area contributed by atoms with E-state index < -0.39 is 0 Å². The molecule has 0 amide bonds. The Kier molecular flexibility index (Phi) is 4.13. The molecule has 1 aromatic carbocycles. The van der Waals surface area contributed by atoms with E-state index in [1.165, 1.54) is 10.5 Å². The van der Waals surface area contributed by atoms with Gasteiger partial charge in [0.25, 0.3) is 0 Å². The first-order chi connectivity index (χ1) is 8.52. The predicted molar refractivity (Wildman–Crippen MR) is 75.2 cm³/mol. The summed E-state index contributed by atoms with van der Waals surface area (Å²) in [6, 6.07) is 8.60. The monoisotopic (exact) mass is 264 g/mol. The molecule has 3 heteroatoms. The average Bonchev–Trinajstić information content (AvgIpc) is 2.24. The van der Waals surface area contributed by atoms with E-state index in [0.717, 1.165) is 0 Å². The van der Waals surface area contributed by atoms with E-state index in [4.69, 9.17) is 4.74 Å². The highest BCUT2D eigenvalue weighted by Crippen LogP contribution is 2.37. The maximum Gasteiger partial charge on any atom is 0.130 e. The Morgan fingerprint density at radius 3 is 2.33 bits per heavy atom. The van der Waals surface area contributed by atoms with Crippen molar-refractivity contribution in [1.82, 2.24) is 0 Å². The summed E-state index contributed by atoms with van der Waals surface area (Å²) in [4.78, 5) is 12.7. The molecule has 1 saturated heterocycles. The van der Waals surface area contributed by atoms with Crippen LogP contribution in [0.4, 0.5) is 0 Å². The molecule has 2 rings (SSSR count). The largest absolute Gasteiger partial charge is 0.379 e. The van der Waals surface area contributed by atoms with Crippen LogP contribution in [0.25, 0.3) is 0 Å². The summed E-state index contributed by atoms with van der Waals surface area (Å²) in [5.41, 5.74) is 1.17. The number of rotatable bonds is 5. The molecule has 0 saturated carbocycles. The van der Waals surface area contributed by atoms with E-state index in [1.54, 1.807) is 6.92 Å². The van der Waals surface area contributed by atoms with Crippen molar-refractivity contribution in [1.29, 1.82) is 0 Å². The van der Waals surface area contributed by atoms with Crippen LogP contribution in [-0.2, 0) is 14.9 Å². The molecule has 0 atom stereocenters. The van der Waals surface area contributed by atoms with Crippen molar-refractivity contribution in [2.75, 3.05) is 13.2 Å². The number of ketones is 1. The molecule has 0 aromatic heterocycles. The smallest absolute Gasteiger partial charge is 0.130 e. The lowest BCUT2D eigenvalue weighted by atomic mass is 9.75. The van der Waals surface area contributed by atoms with Gasteiger partial charge in [-0.3, -0.25) is 4.79 Å². The standard InChI is InChI=1S/C15H20O2S/c1-11(2)18-14-6-4-13(5-7-14)15(8-12(3)16)9-17-10-15/h4-7,11H,8-10H2,1-3H3. The van der Waals surface area contributed by atoms with Gasteiger partial charge < -0.3 is 4.74 Å². The fourth-order valence-electron chi connectivity index (χ4n) is 2.36. The van der Waals surface area contributed by atoms with E-state index in [1.807, 2.05) is 11.8 Å². The normalized spacial score (nSPS) is 17.6. The predicted octanol–water partition coefficient (Wildman–Crippen LogP) is 3.43. The topological polar surface area (TPSA) is 26.3 Å². The Morgan fingerprint density at radius 1 is 1.33 bits per heavy atom. The van der Waals surface area contributed by atoms with Crippen LogP contribution in [0, 0.1) is 0 Å². The van der Waals surface area contributed by atoms with Crippen LogP contribution in [0.1, 0.15) is 32.8 Å². The van der Waals surface area contributed by atoms with E-state index in [-0.39, 0.29) is 11.2 Å². The third-order valence-corrected chi connectivity index (χ3v) is 4.20. The molecule has 1 aliphatic heterocycles. The van der Waals surface area contributed by atoms with Crippen LogP contribution in [-0.4, -0.2) is 24.2 Å². The van der Waals surface area contributed by atoms with Crippen LogP contribution >= 0.6 is 11.8 Å². The molecule has 1 fully saturated rings. The quantitative estimate of drug-likeness (QED) is 0.762. The Morgan fingerprint density at radius 2 is 1.94 bits per heavy atom. The van der Waals surface area contributed by atoms with E-state index in [0.29, 0.717) is 24.9 Å². The first-order valence-electron chi connectivity index (χ1n) is 6.36. The highest BCUT2D eigenvalue weighted by atomic mass is 32.2. The maximum atomic E-state index is 11.4. The van der Waals surface area contributed by atoms with Crippen molar-refractivity contribution in [2.45, 2.75) is 42.8 Å². The Labute approximate surface area is 113 Å². The number of carbonyl (C=O) groups excluding carboxylic acids is 1. The molecule has 1 heterocycles. The Hall–Kier alpha value is -0.800. The van der Waals surface area contributed by atoms with Crippen LogP contribution in [0.15, 0.2) is 29.2 Å². The minimum Gasteiger partial charge on any atom is -0.379 e. The molecular weight excluding hydrogens is 244 g/mol. The zero-order valence-electron chi connectivity index (χ0n) is 11.2. The second-order valence-electron chi connectivity index (χ2n) is 5.34. The number of carbonyl (C=O) groups is 1. The SMILES string of the molecule is CC(=O)CC1(c2ccc(SC(C)C)cc2)COC1. The summed E-state index contributed by atoms with van der Waals surface area (Å²) >= 11 is 1.86. The molecule has 0 spiro atoms. The van der Waals surface area contributed by atoms with Crippen molar-refractivity contribution in [3.8, 4) is 0 Å². The average molecular weight is 264 g/mol. The van der Waals surface area contributed by atoms with E-state index in [2.05, 4.69) is 38.1 Å². The number of ether oxygens (including phenoxy) is 1. The van der Waals surface area contributed by atoms with Crippen LogP contribution in [0.2, 0.25) is 0 Å². The second kappa shape index (κ2) is 5.45. The molecule has 0 bridgehead atoms. The summed E-state index contributed by atoms with van der Waals surface area (Å²) in [6.07, 6.45) is 0.587. The van der Waals surface area contributed by atoms with E-state index in [9.17, 15) is 4.79 Å². The minimum atomic E-state index is -0.0626. The molecular formula is C15H20O2S. The number of hydrogen-bond acceptors (Lipinski definition) is 3. The minimum absolute atomic E-state index is 0.0626. The van der Waals surface area contributed by atoms with Gasteiger partial charge in [0.1, 0.15) is 5.78 Å². The van der Waals surface area contributed by atoms with Gasteiger partial charge in [-0.1, -0.05) is 26.0 Å². The first kappa shape index (κ1) is 13.6. The number of hydrogen-bond donors (Lipinski definition) is 0. The highest BCUT2D eigenvalue weighted by molar-refractivity contribution is 7.99. The Bertz CT molecular complexity index is 419. The van der Waals surface area contributed by atoms with Crippen LogP contribution in [0.3, 0.4) is 0 Å². The third kappa shape index (κ3) is 2.96. The second-order valence-corrected chi connectivity index (χ2v) is 6.99. The van der Waals surface area contributed by atoms with Gasteiger partial charge in [-0.25, -0.2) is 0 Å². The van der Waals surface area contributed by atoms with Crippen LogP contribution < -0.4 is 0 Å². The summed E-state index contributed by atoms with van der Waals surface area (Å²) in [5.74, 6) is 0.235. The van der Waals surface area contributed by atoms with E-state index >= 15 is 0 Å². The zero-order valence-corrected chi connectivity index (χ0v) is 12.0. The van der Waals surface area contributed by atoms with Crippen molar-refractivity contribution in [3.05, 3.63) is 29.8 Å².